The van der Waals surface area contributed by atoms with Gasteiger partial charge in [-0.15, -0.1) is 0 Å². The van der Waals surface area contributed by atoms with Crippen molar-refractivity contribution in [2.24, 2.45) is 11.8 Å². The summed E-state index contributed by atoms with van der Waals surface area (Å²) in [6.45, 7) is 10.7. The zero-order valence-corrected chi connectivity index (χ0v) is 59.0. The highest BCUT2D eigenvalue weighted by Gasteiger charge is 2.31. The number of aromatic nitrogens is 6. The van der Waals surface area contributed by atoms with Crippen molar-refractivity contribution in [1.29, 1.82) is 10.5 Å². The Morgan fingerprint density at radius 1 is 0.480 bits per heavy atom. The Morgan fingerprint density at radius 2 is 0.941 bits per heavy atom. The summed E-state index contributed by atoms with van der Waals surface area (Å²) in [6, 6.07) is 61.1. The summed E-state index contributed by atoms with van der Waals surface area (Å²) in [5, 5.41) is 21.7. The van der Waals surface area contributed by atoms with Gasteiger partial charge in [-0.25, -0.2) is 39.7 Å². The first-order chi connectivity index (χ1) is 49.9. The first-order valence-electron chi connectivity index (χ1n) is 34.2. The summed E-state index contributed by atoms with van der Waals surface area (Å²) >= 11 is 3.54. The molecule has 2 saturated carbocycles. The van der Waals surface area contributed by atoms with E-state index >= 15 is 0 Å². The molecule has 2 aliphatic carbocycles. The Kier molecular flexibility index (Phi) is 19.6. The van der Waals surface area contributed by atoms with Crippen LogP contribution in [0.5, 0.6) is 11.5 Å². The van der Waals surface area contributed by atoms with Gasteiger partial charge in [0.2, 0.25) is 0 Å². The molecule has 6 aromatic carbocycles. The molecule has 3 saturated heterocycles. The third kappa shape index (κ3) is 14.3. The van der Waals surface area contributed by atoms with Gasteiger partial charge in [0.05, 0.1) is 91.2 Å². The van der Waals surface area contributed by atoms with Crippen LogP contribution in [0.1, 0.15) is 36.8 Å². The van der Waals surface area contributed by atoms with Crippen molar-refractivity contribution in [1.82, 2.24) is 27.9 Å². The van der Waals surface area contributed by atoms with E-state index in [1.165, 1.54) is 32.7 Å². The highest BCUT2D eigenvalue weighted by molar-refractivity contribution is 9.10. The van der Waals surface area contributed by atoms with Crippen LogP contribution in [0.2, 0.25) is 0 Å². The lowest BCUT2D eigenvalue weighted by atomic mass is 10.0. The van der Waals surface area contributed by atoms with Crippen LogP contribution in [-0.4, -0.2) is 137 Å². The van der Waals surface area contributed by atoms with Crippen LogP contribution in [0.15, 0.2) is 215 Å². The van der Waals surface area contributed by atoms with E-state index in [4.69, 9.17) is 23.7 Å². The number of nitrogens with one attached hydrogen (secondary N) is 1. The Morgan fingerprint density at radius 3 is 1.44 bits per heavy atom. The maximum atomic E-state index is 14.0. The molecule has 516 valence electrons. The molecule has 3 aliphatic heterocycles. The number of aromatic amines is 1. The standard InChI is InChI=1S/C28H26N4O4S.C28H26N4O2.C23H20BrN3O3S/c29-17-22-18-30-28-25(27(22)36-19-20-6-7-20)16-26(32(28)37(33,34)24-4-2-1-3-5-24)21-8-10-23(11-9-21)31-12-14-35-15-13-31;29-17-22-15-21(5-8-27(22)34-18-19-1-2-19)24-9-10-30-28-25(24)16-26(31-28)20-3-6-23(7-4-20)32-11-13-33-14-12-32;24-21-10-11-25-23-20(21)16-22(27(23)31(28,29)19-4-2-1-3-5-19)17-6-8-18(9-7-17)26-12-14-30-15-13-26/h1-5,8-11,16,18,20H,6-7,12-15,19H2;3-10,15-16,19H,1-2,11-14,18H2,(H,30,31);1-11,16H,12-15H2. The SMILES string of the molecule is N#Cc1cc(-c2ccnc3[nH]c(-c4ccc(N5CCOCC5)cc4)cc23)ccc1OCC1CC1.N#Cc1cnc2c(cc(-c3ccc(N4CCOCC4)cc3)n2S(=O)(=O)c2ccccc2)c1OCC1CC1.O=S(=O)(c1ccccc1)n1c(-c2ccc(N3CCOCC3)cc2)cc2c(Br)ccnc21. The molecule has 0 bridgehead atoms. The number of hydrogen-bond donors (Lipinski definition) is 1. The maximum Gasteiger partial charge on any atom is 0.269 e. The molecule has 0 amide bonds. The van der Waals surface area contributed by atoms with Gasteiger partial charge in [-0.05, 0) is 184 Å². The smallest absolute Gasteiger partial charge is 0.269 e. The van der Waals surface area contributed by atoms with E-state index in [9.17, 15) is 27.4 Å². The van der Waals surface area contributed by atoms with Gasteiger partial charge in [0.15, 0.2) is 11.3 Å². The fourth-order valence-electron chi connectivity index (χ4n) is 13.0. The molecule has 0 radical (unpaired) electrons. The number of anilines is 3. The number of benzene rings is 6. The first-order valence-corrected chi connectivity index (χ1v) is 37.9. The van der Waals surface area contributed by atoms with Crippen LogP contribution in [-0.2, 0) is 34.3 Å². The summed E-state index contributed by atoms with van der Waals surface area (Å²) < 4.78 is 86.9. The molecule has 0 spiro atoms. The lowest BCUT2D eigenvalue weighted by Crippen LogP contribution is -2.36. The summed E-state index contributed by atoms with van der Waals surface area (Å²) in [5.74, 6) is 2.16. The number of nitriles is 2. The van der Waals surface area contributed by atoms with Gasteiger partial charge >= 0.3 is 0 Å². The minimum atomic E-state index is -4.00. The van der Waals surface area contributed by atoms with Crippen LogP contribution < -0.4 is 24.2 Å². The predicted molar refractivity (Wildman–Crippen MR) is 398 cm³/mol. The molecule has 6 aromatic heterocycles. The zero-order valence-electron chi connectivity index (χ0n) is 55.8. The van der Waals surface area contributed by atoms with Crippen LogP contribution in [0.3, 0.4) is 0 Å². The number of fused-ring (bicyclic) bond motifs is 3. The Hall–Kier alpha value is -10.4. The monoisotopic (exact) mass is 1460 g/mol. The topological polar surface area (TPSA) is 236 Å². The second kappa shape index (κ2) is 29.7. The van der Waals surface area contributed by atoms with Crippen LogP contribution in [0, 0.1) is 34.5 Å². The summed E-state index contributed by atoms with van der Waals surface area (Å²) in [7, 11) is -7.84. The normalized spacial score (nSPS) is 15.6. The second-order valence-electron chi connectivity index (χ2n) is 25.7. The van der Waals surface area contributed by atoms with Gasteiger partial charge in [0.1, 0.15) is 34.8 Å². The van der Waals surface area contributed by atoms with Crippen LogP contribution in [0.4, 0.5) is 17.1 Å². The molecule has 102 heavy (non-hydrogen) atoms. The quantitative estimate of drug-likeness (QED) is 0.0892. The number of morpholine rings is 3. The van der Waals surface area contributed by atoms with E-state index in [1.807, 2.05) is 91.1 Å². The van der Waals surface area contributed by atoms with Crippen molar-refractivity contribution >= 4 is 86.1 Å². The lowest BCUT2D eigenvalue weighted by molar-refractivity contribution is 0.122. The predicted octanol–water partition coefficient (Wildman–Crippen LogP) is 14.4. The van der Waals surface area contributed by atoms with Crippen LogP contribution >= 0.6 is 15.9 Å². The van der Waals surface area contributed by atoms with Crippen molar-refractivity contribution in [2.75, 3.05) is 107 Å². The summed E-state index contributed by atoms with van der Waals surface area (Å²) in [4.78, 5) is 24.1. The molecule has 12 aromatic rings. The minimum Gasteiger partial charge on any atom is -0.492 e. The molecular formula is C79H72BrN11O9S2. The number of hydrogen-bond acceptors (Lipinski definition) is 17. The number of pyridine rings is 3. The maximum absolute atomic E-state index is 14.0. The number of ether oxygens (including phenoxy) is 5. The van der Waals surface area contributed by atoms with Gasteiger partial charge in [-0.1, -0.05) is 78.9 Å². The summed E-state index contributed by atoms with van der Waals surface area (Å²) in [5.41, 5.74) is 12.4. The van der Waals surface area contributed by atoms with Crippen molar-refractivity contribution in [2.45, 2.75) is 35.5 Å². The van der Waals surface area contributed by atoms with Gasteiger partial charge in [-0.2, -0.15) is 10.5 Å². The van der Waals surface area contributed by atoms with Crippen molar-refractivity contribution < 1.29 is 40.5 Å². The number of halogens is 1. The lowest BCUT2D eigenvalue weighted by Gasteiger charge is -2.28. The Labute approximate surface area is 600 Å². The number of H-pyrrole nitrogens is 1. The zero-order chi connectivity index (χ0) is 69.7. The van der Waals surface area contributed by atoms with Gasteiger partial charge in [0.25, 0.3) is 20.0 Å². The third-order valence-electron chi connectivity index (χ3n) is 18.9. The van der Waals surface area contributed by atoms with Gasteiger partial charge in [0, 0.05) is 89.7 Å². The average Bonchev–Trinajstić information content (AvgIpc) is 1.58. The van der Waals surface area contributed by atoms with Crippen molar-refractivity contribution in [3.63, 3.8) is 0 Å². The molecule has 20 nitrogen and oxygen atoms in total. The average molecular weight is 1460 g/mol. The molecule has 5 aliphatic rings. The van der Waals surface area contributed by atoms with E-state index in [2.05, 4.69) is 93.0 Å². The van der Waals surface area contributed by atoms with Crippen LogP contribution in [0.25, 0.3) is 78.0 Å². The van der Waals surface area contributed by atoms with E-state index in [1.54, 1.807) is 72.9 Å². The van der Waals surface area contributed by atoms with E-state index < -0.39 is 20.0 Å². The molecule has 5 fully saturated rings. The van der Waals surface area contributed by atoms with Crippen molar-refractivity contribution in [3.05, 3.63) is 216 Å². The molecule has 9 heterocycles. The molecule has 1 N–H and O–H groups in total. The second-order valence-corrected chi connectivity index (χ2v) is 30.1. The third-order valence-corrected chi connectivity index (χ3v) is 23.1. The molecule has 17 rings (SSSR count). The fourth-order valence-corrected chi connectivity index (χ4v) is 16.4. The highest BCUT2D eigenvalue weighted by atomic mass is 79.9. The van der Waals surface area contributed by atoms with Crippen molar-refractivity contribution in [3.8, 4) is 68.5 Å². The molecule has 0 atom stereocenters. The highest BCUT2D eigenvalue weighted by Crippen LogP contribution is 2.42. The molecule has 0 unspecified atom stereocenters. The number of nitrogens with zero attached hydrogens (tertiary/aromatic N) is 10. The van der Waals surface area contributed by atoms with E-state index in [-0.39, 0.29) is 21.0 Å². The Balaban J connectivity index is 0.000000124. The van der Waals surface area contributed by atoms with Gasteiger partial charge < -0.3 is 43.4 Å². The van der Waals surface area contributed by atoms with E-state index in [0.717, 1.165) is 131 Å². The molecular weight excluding hydrogens is 1390 g/mol. The summed E-state index contributed by atoms with van der Waals surface area (Å²) in [6.07, 6.45) is 9.45. The largest absolute Gasteiger partial charge is 0.492 e. The van der Waals surface area contributed by atoms with E-state index in [0.29, 0.717) is 91.0 Å². The van der Waals surface area contributed by atoms with Gasteiger partial charge in [-0.3, -0.25) is 0 Å². The molecule has 23 heteroatoms. The Bertz CT molecular complexity index is 5330. The number of rotatable bonds is 17. The minimum absolute atomic E-state index is 0.158. The fraction of sp³-hybridized carbons (Fsp3) is 0.253. The first kappa shape index (κ1) is 67.5.